The molecule has 0 heterocycles. The fourth-order valence-corrected chi connectivity index (χ4v) is 1.76. The molecule has 0 spiro atoms. The molecular formula is C13H17N3O5. The Hall–Kier alpha value is -2.48. The summed E-state index contributed by atoms with van der Waals surface area (Å²) in [6.45, 7) is 2.19. The molecular weight excluding hydrogens is 278 g/mol. The molecule has 114 valence electrons. The molecule has 0 aliphatic rings. The van der Waals surface area contributed by atoms with Crippen LogP contribution < -0.4 is 10.6 Å². The molecule has 0 saturated heterocycles. The van der Waals surface area contributed by atoms with Crippen LogP contribution in [-0.4, -0.2) is 35.0 Å². The summed E-state index contributed by atoms with van der Waals surface area (Å²) >= 11 is 0. The second kappa shape index (κ2) is 7.95. The zero-order chi connectivity index (χ0) is 15.8. The maximum atomic E-state index is 11.3. The van der Waals surface area contributed by atoms with Crippen molar-refractivity contribution in [2.75, 3.05) is 13.1 Å². The van der Waals surface area contributed by atoms with E-state index < -0.39 is 16.9 Å². The lowest BCUT2D eigenvalue weighted by Crippen LogP contribution is -2.31. The molecule has 3 N–H and O–H groups in total. The molecule has 1 amide bonds. The summed E-state index contributed by atoms with van der Waals surface area (Å²) in [7, 11) is 0. The first-order valence-electron chi connectivity index (χ1n) is 6.37. The Morgan fingerprint density at radius 2 is 2.10 bits per heavy atom. The van der Waals surface area contributed by atoms with Crippen LogP contribution in [0, 0.1) is 10.1 Å². The molecule has 1 aromatic rings. The van der Waals surface area contributed by atoms with E-state index in [9.17, 15) is 24.8 Å². The van der Waals surface area contributed by atoms with Crippen LogP contribution in [0.15, 0.2) is 24.3 Å². The Morgan fingerprint density at radius 3 is 2.67 bits per heavy atom. The van der Waals surface area contributed by atoms with Gasteiger partial charge in [-0.2, -0.15) is 0 Å². The first-order chi connectivity index (χ1) is 9.91. The average molecular weight is 295 g/mol. The highest BCUT2D eigenvalue weighted by molar-refractivity contribution is 5.75. The highest BCUT2D eigenvalue weighted by Gasteiger charge is 2.20. The highest BCUT2D eigenvalue weighted by atomic mass is 16.6. The second-order valence-corrected chi connectivity index (χ2v) is 4.41. The molecule has 0 bridgehead atoms. The van der Waals surface area contributed by atoms with Crippen molar-refractivity contribution in [1.82, 2.24) is 10.6 Å². The number of hydrogen-bond acceptors (Lipinski definition) is 5. The van der Waals surface area contributed by atoms with Crippen LogP contribution in [0.2, 0.25) is 0 Å². The summed E-state index contributed by atoms with van der Waals surface area (Å²) < 4.78 is 0. The van der Waals surface area contributed by atoms with E-state index in [1.165, 1.54) is 31.2 Å². The minimum absolute atomic E-state index is 0.150. The number of carboxylic acid groups (broad SMARTS) is 1. The summed E-state index contributed by atoms with van der Waals surface area (Å²) in [5.74, 6) is -1.27. The number of nitro groups is 1. The normalized spacial score (nSPS) is 11.7. The number of non-ortho nitro benzene ring substituents is 1. The van der Waals surface area contributed by atoms with Crippen molar-refractivity contribution in [3.8, 4) is 0 Å². The molecule has 8 nitrogen and oxygen atoms in total. The van der Waals surface area contributed by atoms with Gasteiger partial charge >= 0.3 is 5.97 Å². The molecule has 1 atom stereocenters. The van der Waals surface area contributed by atoms with E-state index in [2.05, 4.69) is 10.6 Å². The zero-order valence-electron chi connectivity index (χ0n) is 11.5. The molecule has 0 aromatic heterocycles. The molecule has 21 heavy (non-hydrogen) atoms. The Kier molecular flexibility index (Phi) is 6.28. The highest BCUT2D eigenvalue weighted by Crippen LogP contribution is 2.19. The minimum atomic E-state index is -1.12. The first kappa shape index (κ1) is 16.6. The van der Waals surface area contributed by atoms with E-state index in [4.69, 9.17) is 0 Å². The fourth-order valence-electron chi connectivity index (χ4n) is 1.76. The maximum Gasteiger partial charge on any atom is 0.325 e. The number of benzene rings is 1. The van der Waals surface area contributed by atoms with E-state index >= 15 is 0 Å². The van der Waals surface area contributed by atoms with Crippen molar-refractivity contribution in [2.45, 2.75) is 19.4 Å². The molecule has 0 aliphatic carbocycles. The number of amides is 1. The number of carboxylic acids is 1. The third-order valence-corrected chi connectivity index (χ3v) is 2.74. The lowest BCUT2D eigenvalue weighted by Gasteiger charge is -2.14. The molecule has 8 heteroatoms. The van der Waals surface area contributed by atoms with Crippen molar-refractivity contribution < 1.29 is 19.6 Å². The van der Waals surface area contributed by atoms with Crippen molar-refractivity contribution in [3.05, 3.63) is 39.9 Å². The van der Waals surface area contributed by atoms with Gasteiger partial charge in [0.15, 0.2) is 0 Å². The van der Waals surface area contributed by atoms with Gasteiger partial charge in [0.25, 0.3) is 5.69 Å². The van der Waals surface area contributed by atoms with Gasteiger partial charge in [0.05, 0.1) is 4.92 Å². The van der Waals surface area contributed by atoms with E-state index in [0.717, 1.165) is 0 Å². The molecule has 0 fully saturated rings. The topological polar surface area (TPSA) is 122 Å². The zero-order valence-corrected chi connectivity index (χ0v) is 11.5. The van der Waals surface area contributed by atoms with Crippen molar-refractivity contribution >= 4 is 17.6 Å². The van der Waals surface area contributed by atoms with Gasteiger partial charge in [-0.3, -0.25) is 19.7 Å². The van der Waals surface area contributed by atoms with Crippen LogP contribution in [0.5, 0.6) is 0 Å². The van der Waals surface area contributed by atoms with Gasteiger partial charge in [-0.25, -0.2) is 0 Å². The van der Waals surface area contributed by atoms with Crippen molar-refractivity contribution in [3.63, 3.8) is 0 Å². The van der Waals surface area contributed by atoms with Crippen LogP contribution in [0.4, 0.5) is 5.69 Å². The SMILES string of the molecule is CC(=O)NCCCNC(C(=O)O)c1cccc([N+](=O)[O-])c1. The van der Waals surface area contributed by atoms with Crippen LogP contribution in [0.25, 0.3) is 0 Å². The Labute approximate surface area is 121 Å². The van der Waals surface area contributed by atoms with Crippen LogP contribution in [-0.2, 0) is 9.59 Å². The summed E-state index contributed by atoms with van der Waals surface area (Å²) in [5.41, 5.74) is 0.162. The number of aliphatic carboxylic acids is 1. The summed E-state index contributed by atoms with van der Waals surface area (Å²) in [5, 5.41) is 25.3. The van der Waals surface area contributed by atoms with Crippen molar-refractivity contribution in [2.24, 2.45) is 0 Å². The largest absolute Gasteiger partial charge is 0.480 e. The Bertz CT molecular complexity index is 532. The first-order valence-corrected chi connectivity index (χ1v) is 6.37. The van der Waals surface area contributed by atoms with Gasteiger partial charge < -0.3 is 15.7 Å². The third kappa shape index (κ3) is 5.57. The van der Waals surface area contributed by atoms with E-state index in [-0.39, 0.29) is 11.6 Å². The standard InChI is InChI=1S/C13H17N3O5/c1-9(17)14-6-3-7-15-12(13(18)19)10-4-2-5-11(8-10)16(20)21/h2,4-5,8,12,15H,3,6-7H2,1H3,(H,14,17)(H,18,19). The second-order valence-electron chi connectivity index (χ2n) is 4.41. The van der Waals surface area contributed by atoms with Gasteiger partial charge in [0, 0.05) is 25.6 Å². The summed E-state index contributed by atoms with van der Waals surface area (Å²) in [6, 6.07) is 4.48. The third-order valence-electron chi connectivity index (χ3n) is 2.74. The molecule has 1 unspecified atom stereocenters. The summed E-state index contributed by atoms with van der Waals surface area (Å²) in [4.78, 5) is 32.1. The van der Waals surface area contributed by atoms with Crippen LogP contribution in [0.1, 0.15) is 24.9 Å². The monoisotopic (exact) mass is 295 g/mol. The molecule has 1 aromatic carbocycles. The number of carbonyl (C=O) groups excluding carboxylic acids is 1. The van der Waals surface area contributed by atoms with Crippen molar-refractivity contribution in [1.29, 1.82) is 0 Å². The average Bonchev–Trinajstić information content (AvgIpc) is 2.42. The van der Waals surface area contributed by atoms with Gasteiger partial charge in [-0.1, -0.05) is 12.1 Å². The summed E-state index contributed by atoms with van der Waals surface area (Å²) in [6.07, 6.45) is 0.554. The van der Waals surface area contributed by atoms with Crippen LogP contribution in [0.3, 0.4) is 0 Å². The quantitative estimate of drug-likeness (QED) is 0.371. The number of rotatable bonds is 8. The number of nitrogens with one attached hydrogen (secondary N) is 2. The molecule has 0 radical (unpaired) electrons. The van der Waals surface area contributed by atoms with E-state index in [0.29, 0.717) is 25.1 Å². The van der Waals surface area contributed by atoms with Gasteiger partial charge in [0.1, 0.15) is 6.04 Å². The predicted octanol–water partition coefficient (Wildman–Crippen LogP) is 0.836. The van der Waals surface area contributed by atoms with E-state index in [1.807, 2.05) is 0 Å². The predicted molar refractivity (Wildman–Crippen MR) is 74.8 cm³/mol. The fraction of sp³-hybridized carbons (Fsp3) is 0.385. The molecule has 0 saturated carbocycles. The number of nitro benzene ring substituents is 1. The number of carbonyl (C=O) groups is 2. The molecule has 1 rings (SSSR count). The number of nitrogens with zero attached hydrogens (tertiary/aromatic N) is 1. The Balaban J connectivity index is 2.65. The van der Waals surface area contributed by atoms with Gasteiger partial charge in [-0.05, 0) is 18.5 Å². The minimum Gasteiger partial charge on any atom is -0.480 e. The molecule has 0 aliphatic heterocycles. The van der Waals surface area contributed by atoms with Gasteiger partial charge in [0.2, 0.25) is 5.91 Å². The lowest BCUT2D eigenvalue weighted by atomic mass is 10.1. The van der Waals surface area contributed by atoms with Crippen LogP contribution >= 0.6 is 0 Å². The van der Waals surface area contributed by atoms with Gasteiger partial charge in [-0.15, -0.1) is 0 Å². The van der Waals surface area contributed by atoms with E-state index in [1.54, 1.807) is 0 Å². The number of hydrogen-bond donors (Lipinski definition) is 3. The maximum absolute atomic E-state index is 11.3. The lowest BCUT2D eigenvalue weighted by molar-refractivity contribution is -0.384. The Morgan fingerprint density at radius 1 is 1.38 bits per heavy atom. The smallest absolute Gasteiger partial charge is 0.325 e.